The second kappa shape index (κ2) is 6.00. The molecule has 0 aliphatic heterocycles. The summed E-state index contributed by atoms with van der Waals surface area (Å²) in [6, 6.07) is 12.3. The van der Waals surface area contributed by atoms with Crippen LogP contribution >= 0.6 is 0 Å². The molecule has 1 amide bonds. The van der Waals surface area contributed by atoms with Crippen LogP contribution in [0, 0.1) is 5.82 Å². The number of carbonyl (C=O) groups excluding carboxylic acids is 1. The molecule has 0 saturated carbocycles. The Kier molecular flexibility index (Phi) is 4.13. The van der Waals surface area contributed by atoms with Crippen LogP contribution in [-0.4, -0.2) is 17.6 Å². The third-order valence-corrected chi connectivity index (χ3v) is 2.72. The predicted molar refractivity (Wildman–Crippen MR) is 70.5 cm³/mol. The maximum Gasteiger partial charge on any atom is 0.251 e. The van der Waals surface area contributed by atoms with Crippen molar-refractivity contribution in [1.82, 2.24) is 5.32 Å². The van der Waals surface area contributed by atoms with E-state index in [2.05, 4.69) is 5.32 Å². The molecule has 0 radical (unpaired) electrons. The number of halogens is 1. The highest BCUT2D eigenvalue weighted by atomic mass is 19.1. The van der Waals surface area contributed by atoms with Crippen molar-refractivity contribution in [1.29, 1.82) is 0 Å². The van der Waals surface area contributed by atoms with Crippen LogP contribution < -0.4 is 5.32 Å². The van der Waals surface area contributed by atoms with Crippen LogP contribution in [0.4, 0.5) is 4.39 Å². The zero-order valence-corrected chi connectivity index (χ0v) is 10.3. The summed E-state index contributed by atoms with van der Waals surface area (Å²) in [5, 5.41) is 12.0. The van der Waals surface area contributed by atoms with Crippen LogP contribution in [0.2, 0.25) is 0 Å². The van der Waals surface area contributed by atoms with Gasteiger partial charge in [-0.1, -0.05) is 12.1 Å². The molecule has 2 aromatic rings. The van der Waals surface area contributed by atoms with E-state index in [-0.39, 0.29) is 17.5 Å². The van der Waals surface area contributed by atoms with Crippen molar-refractivity contribution < 1.29 is 14.3 Å². The number of amides is 1. The van der Waals surface area contributed by atoms with E-state index in [9.17, 15) is 14.3 Å². The van der Waals surface area contributed by atoms with Crippen LogP contribution in [0.1, 0.15) is 15.9 Å². The predicted octanol–water partition coefficient (Wildman–Crippen LogP) is 2.50. The summed E-state index contributed by atoms with van der Waals surface area (Å²) in [5.41, 5.74) is 1.37. The lowest BCUT2D eigenvalue weighted by atomic mass is 10.1. The minimum Gasteiger partial charge on any atom is -0.508 e. The Bertz CT molecular complexity index is 567. The van der Waals surface area contributed by atoms with Crippen molar-refractivity contribution >= 4 is 5.91 Å². The van der Waals surface area contributed by atoms with Gasteiger partial charge in [0, 0.05) is 12.1 Å². The molecule has 0 fully saturated rings. The third kappa shape index (κ3) is 3.81. The Hall–Kier alpha value is -2.36. The molecule has 3 nitrogen and oxygen atoms in total. The lowest BCUT2D eigenvalue weighted by molar-refractivity contribution is 0.0954. The number of aromatic hydroxyl groups is 1. The molecule has 0 atom stereocenters. The van der Waals surface area contributed by atoms with Gasteiger partial charge in [-0.05, 0) is 48.4 Å². The smallest absolute Gasteiger partial charge is 0.251 e. The van der Waals surface area contributed by atoms with Crippen molar-refractivity contribution in [3.05, 3.63) is 65.5 Å². The molecule has 0 unspecified atom stereocenters. The van der Waals surface area contributed by atoms with Gasteiger partial charge in [-0.3, -0.25) is 4.79 Å². The van der Waals surface area contributed by atoms with E-state index in [1.54, 1.807) is 18.2 Å². The number of rotatable bonds is 4. The van der Waals surface area contributed by atoms with E-state index in [0.29, 0.717) is 18.5 Å². The highest BCUT2D eigenvalue weighted by Gasteiger charge is 2.04. The van der Waals surface area contributed by atoms with Crippen LogP contribution in [0.15, 0.2) is 48.5 Å². The largest absolute Gasteiger partial charge is 0.508 e. The molecule has 2 N–H and O–H groups in total. The van der Waals surface area contributed by atoms with E-state index >= 15 is 0 Å². The van der Waals surface area contributed by atoms with E-state index in [4.69, 9.17) is 0 Å². The molecule has 98 valence electrons. The normalized spacial score (nSPS) is 10.2. The second-order valence-electron chi connectivity index (χ2n) is 4.18. The number of carbonyl (C=O) groups is 1. The van der Waals surface area contributed by atoms with Gasteiger partial charge in [-0.2, -0.15) is 0 Å². The molecule has 0 aliphatic carbocycles. The number of phenolic OH excluding ortho intramolecular Hbond substituents is 1. The lowest BCUT2D eigenvalue weighted by Crippen LogP contribution is -2.25. The minimum absolute atomic E-state index is 0.211. The van der Waals surface area contributed by atoms with Crippen molar-refractivity contribution in [2.75, 3.05) is 6.54 Å². The van der Waals surface area contributed by atoms with E-state index < -0.39 is 0 Å². The van der Waals surface area contributed by atoms with E-state index in [0.717, 1.165) is 5.56 Å². The highest BCUT2D eigenvalue weighted by molar-refractivity contribution is 5.94. The van der Waals surface area contributed by atoms with Crippen molar-refractivity contribution in [2.24, 2.45) is 0 Å². The summed E-state index contributed by atoms with van der Waals surface area (Å²) in [6.45, 7) is 0.458. The first-order valence-corrected chi connectivity index (χ1v) is 5.97. The zero-order valence-electron chi connectivity index (χ0n) is 10.3. The van der Waals surface area contributed by atoms with Gasteiger partial charge < -0.3 is 10.4 Å². The third-order valence-electron chi connectivity index (χ3n) is 2.72. The fourth-order valence-electron chi connectivity index (χ4n) is 1.74. The van der Waals surface area contributed by atoms with Crippen LogP contribution in [0.25, 0.3) is 0 Å². The second-order valence-corrected chi connectivity index (χ2v) is 4.18. The van der Waals surface area contributed by atoms with Gasteiger partial charge in [0.1, 0.15) is 11.6 Å². The number of hydrogen-bond donors (Lipinski definition) is 2. The maximum atomic E-state index is 12.7. The Balaban J connectivity index is 1.86. The summed E-state index contributed by atoms with van der Waals surface area (Å²) in [6.07, 6.45) is 0.626. The van der Waals surface area contributed by atoms with Gasteiger partial charge in [-0.15, -0.1) is 0 Å². The summed E-state index contributed by atoms with van der Waals surface area (Å²) in [7, 11) is 0. The first-order valence-electron chi connectivity index (χ1n) is 5.97. The zero-order chi connectivity index (χ0) is 13.7. The molecule has 0 bridgehead atoms. The van der Waals surface area contributed by atoms with Gasteiger partial charge in [0.25, 0.3) is 5.91 Å². The molecule has 2 aromatic carbocycles. The Morgan fingerprint density at radius 1 is 1.16 bits per heavy atom. The fourth-order valence-corrected chi connectivity index (χ4v) is 1.74. The molecular weight excluding hydrogens is 245 g/mol. The van der Waals surface area contributed by atoms with Gasteiger partial charge in [-0.25, -0.2) is 4.39 Å². The van der Waals surface area contributed by atoms with Crippen molar-refractivity contribution in [3.8, 4) is 5.75 Å². The average molecular weight is 259 g/mol. The maximum absolute atomic E-state index is 12.7. The van der Waals surface area contributed by atoms with Gasteiger partial charge in [0.2, 0.25) is 0 Å². The minimum atomic E-state index is -0.365. The van der Waals surface area contributed by atoms with Crippen LogP contribution in [-0.2, 0) is 6.42 Å². The molecule has 2 rings (SSSR count). The molecule has 0 aliphatic rings. The summed E-state index contributed by atoms with van der Waals surface area (Å²) < 4.78 is 12.7. The Labute approximate surface area is 110 Å². The number of hydrogen-bond acceptors (Lipinski definition) is 2. The first-order chi connectivity index (χ1) is 9.15. The highest BCUT2D eigenvalue weighted by Crippen LogP contribution is 2.11. The summed E-state index contributed by atoms with van der Waals surface area (Å²) in [5.74, 6) is -0.390. The lowest BCUT2D eigenvalue weighted by Gasteiger charge is -2.05. The standard InChI is InChI=1S/C15H14FNO2/c16-13-6-4-12(5-7-13)15(19)17-9-8-11-2-1-3-14(18)10-11/h1-7,10,18H,8-9H2,(H,17,19). The van der Waals surface area contributed by atoms with Gasteiger partial charge in [0.15, 0.2) is 0 Å². The average Bonchev–Trinajstić information content (AvgIpc) is 2.39. The molecular formula is C15H14FNO2. The molecule has 0 spiro atoms. The quantitative estimate of drug-likeness (QED) is 0.886. The van der Waals surface area contributed by atoms with Crippen LogP contribution in [0.3, 0.4) is 0 Å². The fraction of sp³-hybridized carbons (Fsp3) is 0.133. The first kappa shape index (κ1) is 13.1. The monoisotopic (exact) mass is 259 g/mol. The van der Waals surface area contributed by atoms with Gasteiger partial charge >= 0.3 is 0 Å². The Morgan fingerprint density at radius 2 is 1.89 bits per heavy atom. The molecule has 4 heteroatoms. The SMILES string of the molecule is O=C(NCCc1cccc(O)c1)c1ccc(F)cc1. The van der Waals surface area contributed by atoms with E-state index in [1.807, 2.05) is 6.07 Å². The molecule has 19 heavy (non-hydrogen) atoms. The molecule has 0 heterocycles. The topological polar surface area (TPSA) is 49.3 Å². The van der Waals surface area contributed by atoms with E-state index in [1.165, 1.54) is 24.3 Å². The molecule has 0 saturated heterocycles. The number of benzene rings is 2. The molecule has 0 aromatic heterocycles. The number of phenols is 1. The van der Waals surface area contributed by atoms with Crippen molar-refractivity contribution in [2.45, 2.75) is 6.42 Å². The summed E-state index contributed by atoms with van der Waals surface area (Å²) in [4.78, 5) is 11.7. The van der Waals surface area contributed by atoms with Crippen molar-refractivity contribution in [3.63, 3.8) is 0 Å². The number of nitrogens with one attached hydrogen (secondary N) is 1. The van der Waals surface area contributed by atoms with Crippen LogP contribution in [0.5, 0.6) is 5.75 Å². The Morgan fingerprint density at radius 3 is 2.58 bits per heavy atom. The van der Waals surface area contributed by atoms with Gasteiger partial charge in [0.05, 0.1) is 0 Å². The summed E-state index contributed by atoms with van der Waals surface area (Å²) >= 11 is 0.